The first kappa shape index (κ1) is 19.2. The quantitative estimate of drug-likeness (QED) is 0.554. The predicted octanol–water partition coefficient (Wildman–Crippen LogP) is 2.75. The van der Waals surface area contributed by atoms with Crippen molar-refractivity contribution in [2.24, 2.45) is 21.4 Å². The summed E-state index contributed by atoms with van der Waals surface area (Å²) in [5.74, 6) is 1.45. The first-order chi connectivity index (χ1) is 13.3. The Morgan fingerprint density at radius 1 is 1.15 bits per heavy atom. The van der Waals surface area contributed by atoms with Crippen LogP contribution in [0.4, 0.5) is 0 Å². The van der Waals surface area contributed by atoms with E-state index in [2.05, 4.69) is 32.0 Å². The lowest BCUT2D eigenvalue weighted by molar-refractivity contribution is -0.0209. The zero-order valence-electron chi connectivity index (χ0n) is 16.8. The third kappa shape index (κ3) is 5.44. The van der Waals surface area contributed by atoms with Crippen molar-refractivity contribution in [2.45, 2.75) is 70.3 Å². The summed E-state index contributed by atoms with van der Waals surface area (Å²) in [4.78, 5) is 6.86. The van der Waals surface area contributed by atoms with Crippen LogP contribution in [0.1, 0.15) is 64.2 Å². The van der Waals surface area contributed by atoms with Crippen molar-refractivity contribution in [1.29, 1.82) is 0 Å². The number of ether oxygens (including phenoxy) is 1. The zero-order valence-corrected chi connectivity index (χ0v) is 16.8. The number of hydrazone groups is 1. The molecule has 6 nitrogen and oxygen atoms in total. The molecule has 6 heteroatoms. The number of nitrogens with one attached hydrogen (secondary N) is 2. The van der Waals surface area contributed by atoms with E-state index in [1.165, 1.54) is 77.3 Å². The molecular formula is C21H37N5O. The molecule has 0 aromatic heterocycles. The van der Waals surface area contributed by atoms with Crippen molar-refractivity contribution in [2.75, 3.05) is 39.3 Å². The first-order valence-electron chi connectivity index (χ1n) is 11.2. The van der Waals surface area contributed by atoms with Crippen molar-refractivity contribution in [3.63, 3.8) is 0 Å². The van der Waals surface area contributed by atoms with Gasteiger partial charge in [0.05, 0.1) is 19.3 Å². The number of hydrogen-bond donors (Lipinski definition) is 2. The molecule has 1 saturated heterocycles. The number of aliphatic imine (C=N–C) groups is 1. The fourth-order valence-corrected chi connectivity index (χ4v) is 5.30. The van der Waals surface area contributed by atoms with E-state index in [1.54, 1.807) is 0 Å². The highest BCUT2D eigenvalue weighted by Crippen LogP contribution is 2.49. The molecule has 2 heterocycles. The van der Waals surface area contributed by atoms with Gasteiger partial charge in [-0.05, 0) is 88.6 Å². The smallest absolute Gasteiger partial charge is 0.212 e. The lowest BCUT2D eigenvalue weighted by Crippen LogP contribution is -2.36. The molecule has 2 aliphatic heterocycles. The minimum absolute atomic E-state index is 0.515. The predicted molar refractivity (Wildman–Crippen MR) is 110 cm³/mol. The van der Waals surface area contributed by atoms with Crippen LogP contribution >= 0.6 is 0 Å². The highest BCUT2D eigenvalue weighted by molar-refractivity contribution is 5.81. The Morgan fingerprint density at radius 2 is 1.89 bits per heavy atom. The van der Waals surface area contributed by atoms with Crippen molar-refractivity contribution in [3.8, 4) is 0 Å². The number of likely N-dealkylation sites (tertiary alicyclic amines) is 1. The molecule has 0 bridgehead atoms. The monoisotopic (exact) mass is 375 g/mol. The number of rotatable bonds is 6. The van der Waals surface area contributed by atoms with Gasteiger partial charge in [0.15, 0.2) is 0 Å². The summed E-state index contributed by atoms with van der Waals surface area (Å²) in [6.45, 7) is 6.41. The lowest BCUT2D eigenvalue weighted by atomic mass is 9.63. The summed E-state index contributed by atoms with van der Waals surface area (Å²) in [5, 5.41) is 7.58. The van der Waals surface area contributed by atoms with Crippen LogP contribution in [0.25, 0.3) is 0 Å². The van der Waals surface area contributed by atoms with Gasteiger partial charge in [-0.3, -0.25) is 0 Å². The summed E-state index contributed by atoms with van der Waals surface area (Å²) in [6.07, 6.45) is 15.9. The Bertz CT molecular complexity index is 511. The van der Waals surface area contributed by atoms with Crippen LogP contribution in [0.15, 0.2) is 10.1 Å². The SMILES string of the molecule is C(=NNC1=NCCN1)C1CCC2(CC1)CCC(OCCN1CCCC1)CC2. The van der Waals surface area contributed by atoms with E-state index in [-0.39, 0.29) is 0 Å². The minimum Gasteiger partial charge on any atom is -0.377 e. The van der Waals surface area contributed by atoms with Crippen LogP contribution < -0.4 is 10.7 Å². The van der Waals surface area contributed by atoms with Gasteiger partial charge in [0.25, 0.3) is 0 Å². The molecule has 2 aliphatic carbocycles. The molecule has 4 rings (SSSR count). The van der Waals surface area contributed by atoms with E-state index >= 15 is 0 Å². The van der Waals surface area contributed by atoms with Gasteiger partial charge in [-0.2, -0.15) is 5.10 Å². The molecule has 4 aliphatic rings. The van der Waals surface area contributed by atoms with Crippen LogP contribution in [0.5, 0.6) is 0 Å². The van der Waals surface area contributed by atoms with E-state index in [0.717, 1.165) is 32.2 Å². The fraction of sp³-hybridized carbons (Fsp3) is 0.905. The second kappa shape index (κ2) is 9.37. The summed E-state index contributed by atoms with van der Waals surface area (Å²) in [6, 6.07) is 0. The summed E-state index contributed by atoms with van der Waals surface area (Å²) < 4.78 is 6.21. The molecule has 1 spiro atoms. The largest absolute Gasteiger partial charge is 0.377 e. The second-order valence-electron chi connectivity index (χ2n) is 9.00. The lowest BCUT2D eigenvalue weighted by Gasteiger charge is -2.44. The maximum Gasteiger partial charge on any atom is 0.212 e. The molecule has 3 fully saturated rings. The molecule has 27 heavy (non-hydrogen) atoms. The van der Waals surface area contributed by atoms with E-state index < -0.39 is 0 Å². The molecule has 0 aromatic rings. The maximum absolute atomic E-state index is 6.21. The van der Waals surface area contributed by atoms with Gasteiger partial charge in [0.2, 0.25) is 5.96 Å². The van der Waals surface area contributed by atoms with E-state index in [1.807, 2.05) is 0 Å². The molecule has 0 radical (unpaired) electrons. The minimum atomic E-state index is 0.515. The summed E-state index contributed by atoms with van der Waals surface area (Å²) >= 11 is 0. The van der Waals surface area contributed by atoms with Crippen LogP contribution in [-0.4, -0.2) is 62.5 Å². The fourth-order valence-electron chi connectivity index (χ4n) is 5.30. The Balaban J connectivity index is 1.11. The molecule has 0 aromatic carbocycles. The zero-order chi connectivity index (χ0) is 18.4. The Morgan fingerprint density at radius 3 is 2.59 bits per heavy atom. The molecular weight excluding hydrogens is 338 g/mol. The third-order valence-corrected chi connectivity index (χ3v) is 7.17. The highest BCUT2D eigenvalue weighted by atomic mass is 16.5. The van der Waals surface area contributed by atoms with Crippen LogP contribution in [-0.2, 0) is 4.74 Å². The standard InChI is InChI=1S/C21H37N5O/c1-2-14-26(13-1)15-16-27-19-5-9-21(10-6-19)7-3-18(4-8-21)17-24-25-20-22-11-12-23-20/h17-19H,1-16H2,(H2,22,23,25). The van der Waals surface area contributed by atoms with Gasteiger partial charge in [0, 0.05) is 19.3 Å². The molecule has 152 valence electrons. The van der Waals surface area contributed by atoms with Gasteiger partial charge in [-0.1, -0.05) is 0 Å². The number of hydrogen-bond acceptors (Lipinski definition) is 6. The van der Waals surface area contributed by atoms with E-state index in [4.69, 9.17) is 4.74 Å². The first-order valence-corrected chi connectivity index (χ1v) is 11.2. The maximum atomic E-state index is 6.21. The molecule has 0 amide bonds. The van der Waals surface area contributed by atoms with Gasteiger partial charge in [0.1, 0.15) is 0 Å². The van der Waals surface area contributed by atoms with E-state index in [9.17, 15) is 0 Å². The Kier molecular flexibility index (Phi) is 6.66. The average molecular weight is 376 g/mol. The van der Waals surface area contributed by atoms with Gasteiger partial charge < -0.3 is 15.0 Å². The molecule has 2 saturated carbocycles. The molecule has 0 atom stereocenters. The van der Waals surface area contributed by atoms with Crippen molar-refractivity contribution in [3.05, 3.63) is 0 Å². The topological polar surface area (TPSA) is 61.3 Å². The number of guanidine groups is 1. The van der Waals surface area contributed by atoms with Crippen LogP contribution in [0, 0.1) is 11.3 Å². The van der Waals surface area contributed by atoms with Crippen LogP contribution in [0.3, 0.4) is 0 Å². The second-order valence-corrected chi connectivity index (χ2v) is 9.00. The van der Waals surface area contributed by atoms with Crippen molar-refractivity contribution < 1.29 is 4.74 Å². The Hall–Kier alpha value is -1.14. The van der Waals surface area contributed by atoms with Gasteiger partial charge in [-0.25, -0.2) is 10.4 Å². The summed E-state index contributed by atoms with van der Waals surface area (Å²) in [5.41, 5.74) is 3.63. The van der Waals surface area contributed by atoms with Crippen molar-refractivity contribution >= 4 is 12.2 Å². The number of nitrogens with zero attached hydrogens (tertiary/aromatic N) is 3. The van der Waals surface area contributed by atoms with Gasteiger partial charge in [-0.15, -0.1) is 0 Å². The van der Waals surface area contributed by atoms with E-state index in [0.29, 0.717) is 17.4 Å². The van der Waals surface area contributed by atoms with Crippen LogP contribution in [0.2, 0.25) is 0 Å². The normalized spacial score (nSPS) is 34.9. The van der Waals surface area contributed by atoms with Crippen molar-refractivity contribution in [1.82, 2.24) is 15.6 Å². The third-order valence-electron chi connectivity index (χ3n) is 7.17. The highest BCUT2D eigenvalue weighted by Gasteiger charge is 2.38. The molecule has 2 N–H and O–H groups in total. The summed E-state index contributed by atoms with van der Waals surface area (Å²) in [7, 11) is 0. The van der Waals surface area contributed by atoms with Gasteiger partial charge >= 0.3 is 0 Å². The molecule has 0 unspecified atom stereocenters. The Labute approximate surface area is 164 Å². The average Bonchev–Trinajstić information content (AvgIpc) is 3.40.